The second kappa shape index (κ2) is 10.1. The van der Waals surface area contributed by atoms with Gasteiger partial charge in [-0.3, -0.25) is 0 Å². The molecule has 0 bridgehead atoms. The molecule has 0 aliphatic carbocycles. The molecule has 0 unspecified atom stereocenters. The lowest BCUT2D eigenvalue weighted by molar-refractivity contribution is 0.296. The monoisotopic (exact) mass is 531 g/mol. The number of benzene rings is 3. The van der Waals surface area contributed by atoms with Crippen molar-refractivity contribution in [1.29, 1.82) is 0 Å². The molecule has 192 valence electrons. The minimum absolute atomic E-state index is 0.272. The van der Waals surface area contributed by atoms with Gasteiger partial charge in [-0.2, -0.15) is 0 Å². The van der Waals surface area contributed by atoms with Crippen LogP contribution < -0.4 is 18.9 Å². The molecule has 3 aromatic heterocycles. The molecule has 0 aliphatic rings. The highest BCUT2D eigenvalue weighted by Gasteiger charge is 2.17. The van der Waals surface area contributed by atoms with E-state index in [1.54, 1.807) is 37.1 Å². The van der Waals surface area contributed by atoms with Crippen molar-refractivity contribution in [1.82, 2.24) is 14.6 Å². The van der Waals surface area contributed by atoms with Crippen LogP contribution in [0.1, 0.15) is 11.1 Å². The highest BCUT2D eigenvalue weighted by atomic mass is 32.1. The number of rotatable bonds is 9. The summed E-state index contributed by atoms with van der Waals surface area (Å²) in [7, 11) is 3.17. The Kier molecular flexibility index (Phi) is 6.30. The summed E-state index contributed by atoms with van der Waals surface area (Å²) in [6.45, 7) is 0.646. The standard InChI is InChI=1S/C28H22FN3O5S/c1-33-21-11-24(36-16-18-4-3-5-20(10-18)35-15-17-6-8-19(29)9-7-17)22-13-26(37-25(22)12-21)23-14-32-27(30-23)38-28(31-32)34-2/h3-14H,15-16H2,1-2H3. The van der Waals surface area contributed by atoms with E-state index in [1.165, 1.54) is 23.5 Å². The third kappa shape index (κ3) is 4.85. The van der Waals surface area contributed by atoms with E-state index in [0.717, 1.165) is 16.5 Å². The molecule has 6 rings (SSSR count). The Labute approximate surface area is 220 Å². The molecule has 0 radical (unpaired) electrons. The van der Waals surface area contributed by atoms with Crippen molar-refractivity contribution in [3.8, 4) is 33.9 Å². The first-order valence-corrected chi connectivity index (χ1v) is 12.5. The summed E-state index contributed by atoms with van der Waals surface area (Å²) in [5.74, 6) is 2.24. The van der Waals surface area contributed by atoms with Crippen molar-refractivity contribution in [2.45, 2.75) is 13.2 Å². The van der Waals surface area contributed by atoms with E-state index >= 15 is 0 Å². The van der Waals surface area contributed by atoms with Crippen LogP contribution in [0.5, 0.6) is 22.4 Å². The maximum Gasteiger partial charge on any atom is 0.294 e. The van der Waals surface area contributed by atoms with Gasteiger partial charge in [-0.25, -0.2) is 13.9 Å². The lowest BCUT2D eigenvalue weighted by atomic mass is 10.2. The molecular weight excluding hydrogens is 509 g/mol. The molecule has 0 fully saturated rings. The fourth-order valence-electron chi connectivity index (χ4n) is 3.96. The van der Waals surface area contributed by atoms with E-state index in [-0.39, 0.29) is 5.82 Å². The minimum Gasteiger partial charge on any atom is -0.496 e. The number of hydrogen-bond donors (Lipinski definition) is 0. The summed E-state index contributed by atoms with van der Waals surface area (Å²) in [6, 6.07) is 19.4. The SMILES string of the molecule is COc1cc(OCc2cccc(OCc3ccc(F)cc3)c2)c2cc(-c3cn4nc(OC)sc4n3)oc2c1. The van der Waals surface area contributed by atoms with E-state index in [2.05, 4.69) is 10.1 Å². The number of methoxy groups -OCH3 is 2. The molecular formula is C28H22FN3O5S. The second-order valence-corrected chi connectivity index (χ2v) is 9.34. The predicted molar refractivity (Wildman–Crippen MR) is 141 cm³/mol. The third-order valence-electron chi connectivity index (χ3n) is 5.87. The van der Waals surface area contributed by atoms with Gasteiger partial charge < -0.3 is 23.4 Å². The number of imidazole rings is 1. The van der Waals surface area contributed by atoms with Gasteiger partial charge in [-0.1, -0.05) is 24.3 Å². The fraction of sp³-hybridized carbons (Fsp3) is 0.143. The van der Waals surface area contributed by atoms with Crippen LogP contribution in [0, 0.1) is 5.82 Å². The number of fused-ring (bicyclic) bond motifs is 2. The van der Waals surface area contributed by atoms with E-state index in [1.807, 2.05) is 42.5 Å². The normalized spacial score (nSPS) is 11.2. The van der Waals surface area contributed by atoms with Gasteiger partial charge in [0.05, 0.1) is 25.8 Å². The molecule has 0 N–H and O–H groups in total. The molecule has 0 atom stereocenters. The van der Waals surface area contributed by atoms with Gasteiger partial charge in [0.1, 0.15) is 47.6 Å². The van der Waals surface area contributed by atoms with Crippen LogP contribution in [0.25, 0.3) is 27.4 Å². The zero-order chi connectivity index (χ0) is 26.1. The molecule has 0 amide bonds. The van der Waals surface area contributed by atoms with Gasteiger partial charge in [-0.05, 0) is 52.8 Å². The Morgan fingerprint density at radius 2 is 1.74 bits per heavy atom. The highest BCUT2D eigenvalue weighted by Crippen LogP contribution is 2.37. The average molecular weight is 532 g/mol. The van der Waals surface area contributed by atoms with Gasteiger partial charge in [0, 0.05) is 12.1 Å². The molecule has 3 heterocycles. The Morgan fingerprint density at radius 1 is 0.895 bits per heavy atom. The first-order chi connectivity index (χ1) is 18.6. The lowest BCUT2D eigenvalue weighted by Gasteiger charge is -2.11. The van der Waals surface area contributed by atoms with Crippen LogP contribution in [0.2, 0.25) is 0 Å². The summed E-state index contributed by atoms with van der Waals surface area (Å²) in [6.07, 6.45) is 1.79. The predicted octanol–water partition coefficient (Wildman–Crippen LogP) is 6.52. The molecule has 8 nitrogen and oxygen atoms in total. The number of aromatic nitrogens is 3. The van der Waals surface area contributed by atoms with Gasteiger partial charge in [0.2, 0.25) is 4.96 Å². The Hall–Kier alpha value is -4.57. The van der Waals surface area contributed by atoms with Crippen molar-refractivity contribution in [3.63, 3.8) is 0 Å². The van der Waals surface area contributed by atoms with Crippen LogP contribution in [0.15, 0.2) is 77.3 Å². The smallest absolute Gasteiger partial charge is 0.294 e. The van der Waals surface area contributed by atoms with E-state index in [0.29, 0.717) is 57.7 Å². The van der Waals surface area contributed by atoms with Crippen molar-refractivity contribution in [2.24, 2.45) is 0 Å². The van der Waals surface area contributed by atoms with Crippen LogP contribution in [0.3, 0.4) is 0 Å². The van der Waals surface area contributed by atoms with Crippen LogP contribution in [-0.2, 0) is 13.2 Å². The third-order valence-corrected chi connectivity index (χ3v) is 6.76. The average Bonchev–Trinajstić information content (AvgIpc) is 3.64. The number of nitrogens with zero attached hydrogens (tertiary/aromatic N) is 3. The summed E-state index contributed by atoms with van der Waals surface area (Å²) < 4.78 is 43.6. The first-order valence-electron chi connectivity index (χ1n) is 11.7. The van der Waals surface area contributed by atoms with Crippen LogP contribution >= 0.6 is 11.3 Å². The maximum absolute atomic E-state index is 13.1. The molecule has 0 saturated heterocycles. The Morgan fingerprint density at radius 3 is 2.53 bits per heavy atom. The Bertz CT molecular complexity index is 1690. The van der Waals surface area contributed by atoms with E-state index in [4.69, 9.17) is 23.4 Å². The largest absolute Gasteiger partial charge is 0.496 e. The van der Waals surface area contributed by atoms with E-state index < -0.39 is 0 Å². The molecule has 10 heteroatoms. The van der Waals surface area contributed by atoms with Crippen molar-refractivity contribution in [3.05, 3.63) is 89.9 Å². The van der Waals surface area contributed by atoms with Crippen LogP contribution in [0.4, 0.5) is 4.39 Å². The van der Waals surface area contributed by atoms with Gasteiger partial charge in [0.25, 0.3) is 5.19 Å². The zero-order valence-corrected chi connectivity index (χ0v) is 21.3. The number of halogens is 1. The molecule has 0 aliphatic heterocycles. The quantitative estimate of drug-likeness (QED) is 0.210. The maximum atomic E-state index is 13.1. The van der Waals surface area contributed by atoms with Gasteiger partial charge in [-0.15, -0.1) is 5.10 Å². The van der Waals surface area contributed by atoms with Crippen molar-refractivity contribution in [2.75, 3.05) is 14.2 Å². The number of furan rings is 1. The zero-order valence-electron chi connectivity index (χ0n) is 20.5. The molecule has 0 saturated carbocycles. The summed E-state index contributed by atoms with van der Waals surface area (Å²) >= 11 is 1.35. The molecule has 38 heavy (non-hydrogen) atoms. The van der Waals surface area contributed by atoms with Gasteiger partial charge >= 0.3 is 0 Å². The lowest BCUT2D eigenvalue weighted by Crippen LogP contribution is -1.99. The first kappa shape index (κ1) is 23.8. The summed E-state index contributed by atoms with van der Waals surface area (Å²) in [5.41, 5.74) is 3.08. The fourth-order valence-corrected chi connectivity index (χ4v) is 4.66. The molecule has 6 aromatic rings. The number of ether oxygens (including phenoxy) is 4. The highest BCUT2D eigenvalue weighted by molar-refractivity contribution is 7.18. The number of hydrogen-bond acceptors (Lipinski definition) is 8. The minimum atomic E-state index is -0.272. The molecule has 3 aromatic carbocycles. The van der Waals surface area contributed by atoms with E-state index in [9.17, 15) is 4.39 Å². The summed E-state index contributed by atoms with van der Waals surface area (Å²) in [4.78, 5) is 5.31. The molecule has 0 spiro atoms. The topological polar surface area (TPSA) is 80.2 Å². The van der Waals surface area contributed by atoms with Crippen molar-refractivity contribution < 1.29 is 27.8 Å². The Balaban J connectivity index is 1.21. The van der Waals surface area contributed by atoms with Gasteiger partial charge in [0.15, 0.2) is 5.76 Å². The van der Waals surface area contributed by atoms with Crippen molar-refractivity contribution >= 4 is 27.3 Å². The summed E-state index contributed by atoms with van der Waals surface area (Å²) in [5, 5.41) is 5.65. The second-order valence-electron chi connectivity index (χ2n) is 8.42. The van der Waals surface area contributed by atoms with Crippen LogP contribution in [-0.4, -0.2) is 28.8 Å².